The molecule has 0 saturated carbocycles. The van der Waals surface area contributed by atoms with E-state index in [1.54, 1.807) is 0 Å². The fraction of sp³-hybridized carbons (Fsp3) is 0.917. The van der Waals surface area contributed by atoms with Gasteiger partial charge in [-0.25, -0.2) is 0 Å². The molecule has 0 heterocycles. The van der Waals surface area contributed by atoms with Crippen molar-refractivity contribution in [1.29, 1.82) is 0 Å². The van der Waals surface area contributed by atoms with E-state index >= 15 is 0 Å². The third-order valence-corrected chi connectivity index (χ3v) is 3.40. The van der Waals surface area contributed by atoms with Crippen LogP contribution in [0.2, 0.25) is 0 Å². The predicted molar refractivity (Wildman–Crippen MR) is 64.9 cm³/mol. The zero-order chi connectivity index (χ0) is 11.5. The number of halogens is 1. The smallest absolute Gasteiger partial charge is 0.0551 e. The molecule has 0 bridgehead atoms. The number of carboxylic acids is 1. The lowest BCUT2D eigenvalue weighted by molar-refractivity contribution is -0.304. The van der Waals surface area contributed by atoms with Crippen LogP contribution < -0.4 is 5.11 Å². The summed E-state index contributed by atoms with van der Waals surface area (Å²) in [5, 5.41) is 10.4. The summed E-state index contributed by atoms with van der Waals surface area (Å²) in [6.07, 6.45) is 10.6. The third kappa shape index (κ3) is 10.2. The van der Waals surface area contributed by atoms with Crippen molar-refractivity contribution in [2.75, 3.05) is 0 Å². The fourth-order valence-electron chi connectivity index (χ4n) is 1.58. The lowest BCUT2D eigenvalue weighted by atomic mass is 10.1. The van der Waals surface area contributed by atoms with Crippen molar-refractivity contribution in [3.05, 3.63) is 0 Å². The number of carbonyl (C=O) groups is 1. The highest BCUT2D eigenvalue weighted by atomic mass is 79.9. The molecule has 1 unspecified atom stereocenters. The molecule has 0 radical (unpaired) electrons. The molecule has 0 aliphatic carbocycles. The first kappa shape index (κ1) is 14.9. The molecule has 15 heavy (non-hydrogen) atoms. The molecule has 2 nitrogen and oxygen atoms in total. The van der Waals surface area contributed by atoms with Crippen LogP contribution in [0, 0.1) is 0 Å². The molecule has 0 aliphatic rings. The van der Waals surface area contributed by atoms with Gasteiger partial charge in [0.15, 0.2) is 0 Å². The van der Waals surface area contributed by atoms with Gasteiger partial charge >= 0.3 is 0 Å². The highest BCUT2D eigenvalue weighted by molar-refractivity contribution is 9.10. The Morgan fingerprint density at radius 3 is 2.00 bits per heavy atom. The average Bonchev–Trinajstić information content (AvgIpc) is 2.21. The fourth-order valence-corrected chi connectivity index (χ4v) is 1.90. The Morgan fingerprint density at radius 2 is 1.53 bits per heavy atom. The van der Waals surface area contributed by atoms with Gasteiger partial charge < -0.3 is 9.90 Å². The van der Waals surface area contributed by atoms with Gasteiger partial charge in [-0.1, -0.05) is 74.2 Å². The van der Waals surface area contributed by atoms with Crippen LogP contribution in [0.5, 0.6) is 0 Å². The van der Waals surface area contributed by atoms with Gasteiger partial charge in [-0.05, 0) is 6.42 Å². The first-order valence-corrected chi connectivity index (χ1v) is 6.95. The second-order valence-electron chi connectivity index (χ2n) is 4.05. The summed E-state index contributed by atoms with van der Waals surface area (Å²) in [5.74, 6) is -0.988. The van der Waals surface area contributed by atoms with Crippen molar-refractivity contribution in [2.24, 2.45) is 0 Å². The highest BCUT2D eigenvalue weighted by Crippen LogP contribution is 2.13. The molecule has 0 N–H and O–H groups in total. The second kappa shape index (κ2) is 10.5. The molecular weight excluding hydrogens is 256 g/mol. The van der Waals surface area contributed by atoms with E-state index in [0.717, 1.165) is 12.8 Å². The summed E-state index contributed by atoms with van der Waals surface area (Å²) in [7, 11) is 0. The van der Waals surface area contributed by atoms with Crippen molar-refractivity contribution in [3.8, 4) is 0 Å². The largest absolute Gasteiger partial charge is 0.549 e. The maximum absolute atomic E-state index is 10.4. The Labute approximate surface area is 102 Å². The number of carbonyl (C=O) groups excluding carboxylic acids is 1. The van der Waals surface area contributed by atoms with Gasteiger partial charge in [0.1, 0.15) is 0 Å². The number of carboxylic acid groups (broad SMARTS) is 1. The Balaban J connectivity index is 3.08. The van der Waals surface area contributed by atoms with Gasteiger partial charge in [-0.2, -0.15) is 0 Å². The summed E-state index contributed by atoms with van der Waals surface area (Å²) < 4.78 is 0. The Morgan fingerprint density at radius 1 is 1.07 bits per heavy atom. The SMILES string of the molecule is CCCCCCCCCCC(Br)C(=O)[O-]. The van der Waals surface area contributed by atoms with E-state index in [4.69, 9.17) is 0 Å². The van der Waals surface area contributed by atoms with Gasteiger partial charge in [0, 0.05) is 0 Å². The van der Waals surface area contributed by atoms with Gasteiger partial charge in [-0.15, -0.1) is 0 Å². The van der Waals surface area contributed by atoms with Crippen molar-refractivity contribution in [1.82, 2.24) is 0 Å². The Bertz CT molecular complexity index is 160. The minimum atomic E-state index is -0.988. The first-order valence-electron chi connectivity index (χ1n) is 6.03. The monoisotopic (exact) mass is 277 g/mol. The number of alkyl halides is 1. The topological polar surface area (TPSA) is 40.1 Å². The van der Waals surface area contributed by atoms with E-state index in [-0.39, 0.29) is 0 Å². The molecular formula is C12H22BrO2-. The Kier molecular flexibility index (Phi) is 10.4. The lowest BCUT2D eigenvalue weighted by Gasteiger charge is -2.09. The number of unbranched alkanes of at least 4 members (excludes halogenated alkanes) is 7. The van der Waals surface area contributed by atoms with E-state index in [1.807, 2.05) is 0 Å². The quantitative estimate of drug-likeness (QED) is 0.455. The van der Waals surface area contributed by atoms with Gasteiger partial charge in [0.2, 0.25) is 0 Å². The number of rotatable bonds is 10. The normalized spacial score (nSPS) is 12.7. The van der Waals surface area contributed by atoms with Crippen LogP contribution >= 0.6 is 15.9 Å². The molecule has 0 saturated heterocycles. The van der Waals surface area contributed by atoms with Crippen LogP contribution in [0.15, 0.2) is 0 Å². The summed E-state index contributed by atoms with van der Waals surface area (Å²) >= 11 is 3.08. The number of hydrogen-bond acceptors (Lipinski definition) is 2. The van der Waals surface area contributed by atoms with Crippen molar-refractivity contribution in [3.63, 3.8) is 0 Å². The molecule has 0 spiro atoms. The van der Waals surface area contributed by atoms with Crippen LogP contribution in [0.25, 0.3) is 0 Å². The van der Waals surface area contributed by atoms with Crippen LogP contribution in [-0.4, -0.2) is 10.8 Å². The molecule has 0 aliphatic heterocycles. The van der Waals surface area contributed by atoms with Gasteiger partial charge in [-0.3, -0.25) is 0 Å². The van der Waals surface area contributed by atoms with Gasteiger partial charge in [0.25, 0.3) is 0 Å². The summed E-state index contributed by atoms with van der Waals surface area (Å²) in [4.78, 5) is 9.92. The molecule has 0 amide bonds. The zero-order valence-electron chi connectivity index (χ0n) is 9.64. The van der Waals surface area contributed by atoms with Crippen molar-refractivity contribution >= 4 is 21.9 Å². The molecule has 0 aromatic heterocycles. The summed E-state index contributed by atoms with van der Waals surface area (Å²) in [5.41, 5.74) is 0. The van der Waals surface area contributed by atoms with Crippen LogP contribution in [0.4, 0.5) is 0 Å². The standard InChI is InChI=1S/C12H23BrO2/c1-2-3-4-5-6-7-8-9-10-11(13)12(14)15/h11H,2-10H2,1H3,(H,14,15)/p-1. The molecule has 0 rings (SSSR count). The molecule has 0 aromatic rings. The average molecular weight is 278 g/mol. The van der Waals surface area contributed by atoms with Crippen LogP contribution in [0.1, 0.15) is 64.7 Å². The molecule has 0 aromatic carbocycles. The molecule has 3 heteroatoms. The summed E-state index contributed by atoms with van der Waals surface area (Å²) in [6.45, 7) is 2.22. The second-order valence-corrected chi connectivity index (χ2v) is 5.16. The van der Waals surface area contributed by atoms with Crippen molar-refractivity contribution < 1.29 is 9.90 Å². The minimum absolute atomic E-state index is 0.461. The highest BCUT2D eigenvalue weighted by Gasteiger charge is 2.03. The van der Waals surface area contributed by atoms with E-state index in [2.05, 4.69) is 22.9 Å². The van der Waals surface area contributed by atoms with Crippen molar-refractivity contribution in [2.45, 2.75) is 69.5 Å². The molecule has 90 valence electrons. The lowest BCUT2D eigenvalue weighted by Crippen LogP contribution is -2.31. The zero-order valence-corrected chi connectivity index (χ0v) is 11.2. The third-order valence-electron chi connectivity index (χ3n) is 2.57. The predicted octanol–water partition coefficient (Wildman–Crippen LogP) is 3.03. The first-order chi connectivity index (χ1) is 7.18. The van der Waals surface area contributed by atoms with E-state index in [9.17, 15) is 9.90 Å². The minimum Gasteiger partial charge on any atom is -0.549 e. The maximum Gasteiger partial charge on any atom is 0.0551 e. The number of hydrogen-bond donors (Lipinski definition) is 0. The maximum atomic E-state index is 10.4. The molecule has 0 fully saturated rings. The summed E-state index contributed by atoms with van der Waals surface area (Å²) in [6, 6.07) is 0. The van der Waals surface area contributed by atoms with E-state index < -0.39 is 10.8 Å². The van der Waals surface area contributed by atoms with Crippen LogP contribution in [0.3, 0.4) is 0 Å². The van der Waals surface area contributed by atoms with Crippen LogP contribution in [-0.2, 0) is 4.79 Å². The van der Waals surface area contributed by atoms with Gasteiger partial charge in [0.05, 0.1) is 10.8 Å². The van der Waals surface area contributed by atoms with E-state index in [0.29, 0.717) is 6.42 Å². The van der Waals surface area contributed by atoms with E-state index in [1.165, 1.54) is 38.5 Å². The molecule has 1 atom stereocenters. The number of aliphatic carboxylic acids is 1. The Hall–Kier alpha value is -0.0500.